The van der Waals surface area contributed by atoms with Crippen molar-refractivity contribution in [1.82, 2.24) is 5.32 Å². The summed E-state index contributed by atoms with van der Waals surface area (Å²) in [7, 11) is 1.68. The molecule has 1 aliphatic heterocycles. The normalized spacial score (nSPS) is 23.0. The van der Waals surface area contributed by atoms with Gasteiger partial charge in [0.2, 0.25) is 0 Å². The van der Waals surface area contributed by atoms with Gasteiger partial charge in [0, 0.05) is 12.0 Å². The third-order valence-corrected chi connectivity index (χ3v) is 4.46. The second kappa shape index (κ2) is 6.95. The predicted molar refractivity (Wildman–Crippen MR) is 88.3 cm³/mol. The van der Waals surface area contributed by atoms with E-state index in [1.165, 1.54) is 11.1 Å². The Labute approximate surface area is 131 Å². The third-order valence-electron chi connectivity index (χ3n) is 4.46. The molecule has 0 saturated carbocycles. The Kier molecular flexibility index (Phi) is 4.76. The van der Waals surface area contributed by atoms with E-state index in [2.05, 4.69) is 41.7 Å². The highest BCUT2D eigenvalue weighted by Crippen LogP contribution is 2.32. The van der Waals surface area contributed by atoms with Crippen LogP contribution in [0.4, 0.5) is 0 Å². The van der Waals surface area contributed by atoms with Gasteiger partial charge in [-0.05, 0) is 42.6 Å². The van der Waals surface area contributed by atoms with E-state index >= 15 is 0 Å². The predicted octanol–water partition coefficient (Wildman–Crippen LogP) is 2.94. The molecule has 0 aromatic heterocycles. The minimum atomic E-state index is -0.318. The summed E-state index contributed by atoms with van der Waals surface area (Å²) < 4.78 is 5.26. The van der Waals surface area contributed by atoms with Crippen LogP contribution in [0.5, 0.6) is 5.75 Å². The molecule has 0 bridgehead atoms. The Morgan fingerprint density at radius 3 is 2.36 bits per heavy atom. The first-order valence-corrected chi connectivity index (χ1v) is 7.90. The van der Waals surface area contributed by atoms with Crippen molar-refractivity contribution in [3.63, 3.8) is 0 Å². The molecule has 2 aromatic carbocycles. The van der Waals surface area contributed by atoms with Crippen LogP contribution in [0.2, 0.25) is 0 Å². The molecule has 1 heterocycles. The number of hydrogen-bond acceptors (Lipinski definition) is 3. The molecular weight excluding hydrogens is 274 g/mol. The SMILES string of the molecule is COc1ccc([C@H](c2ccccc2)[C@H]2NCCC[C@@H]2O)cc1. The summed E-state index contributed by atoms with van der Waals surface area (Å²) in [5, 5.41) is 14.0. The molecule has 3 rings (SSSR count). The highest BCUT2D eigenvalue weighted by molar-refractivity contribution is 5.38. The van der Waals surface area contributed by atoms with Crippen molar-refractivity contribution in [2.75, 3.05) is 13.7 Å². The molecule has 1 aliphatic rings. The maximum Gasteiger partial charge on any atom is 0.118 e. The molecule has 0 amide bonds. The summed E-state index contributed by atoms with van der Waals surface area (Å²) in [6.45, 7) is 0.960. The van der Waals surface area contributed by atoms with Gasteiger partial charge in [0.1, 0.15) is 5.75 Å². The molecule has 1 fully saturated rings. The lowest BCUT2D eigenvalue weighted by Gasteiger charge is -2.36. The topological polar surface area (TPSA) is 41.5 Å². The van der Waals surface area contributed by atoms with E-state index in [0.717, 1.165) is 25.1 Å². The molecule has 0 spiro atoms. The Hall–Kier alpha value is -1.84. The van der Waals surface area contributed by atoms with Crippen LogP contribution in [0.3, 0.4) is 0 Å². The molecule has 0 aliphatic carbocycles. The number of methoxy groups -OCH3 is 1. The van der Waals surface area contributed by atoms with Gasteiger partial charge in [0.15, 0.2) is 0 Å². The summed E-state index contributed by atoms with van der Waals surface area (Å²) in [5.74, 6) is 0.995. The highest BCUT2D eigenvalue weighted by atomic mass is 16.5. The van der Waals surface area contributed by atoms with Gasteiger partial charge in [0.25, 0.3) is 0 Å². The summed E-state index contributed by atoms with van der Waals surface area (Å²) in [4.78, 5) is 0. The second-order valence-electron chi connectivity index (χ2n) is 5.85. The number of piperidine rings is 1. The third kappa shape index (κ3) is 3.16. The van der Waals surface area contributed by atoms with E-state index in [4.69, 9.17) is 4.74 Å². The lowest BCUT2D eigenvalue weighted by Crippen LogP contribution is -2.48. The molecule has 0 radical (unpaired) electrons. The van der Waals surface area contributed by atoms with Crippen molar-refractivity contribution >= 4 is 0 Å². The van der Waals surface area contributed by atoms with Gasteiger partial charge in [-0.3, -0.25) is 0 Å². The van der Waals surface area contributed by atoms with Crippen LogP contribution in [0.25, 0.3) is 0 Å². The number of benzene rings is 2. The number of aliphatic hydroxyl groups excluding tert-OH is 1. The summed E-state index contributed by atoms with van der Waals surface area (Å²) in [6.07, 6.45) is 1.57. The van der Waals surface area contributed by atoms with Crippen LogP contribution < -0.4 is 10.1 Å². The van der Waals surface area contributed by atoms with Gasteiger partial charge in [-0.1, -0.05) is 42.5 Å². The minimum absolute atomic E-state index is 0.0459. The van der Waals surface area contributed by atoms with Crippen LogP contribution in [0.15, 0.2) is 54.6 Å². The van der Waals surface area contributed by atoms with Gasteiger partial charge >= 0.3 is 0 Å². The lowest BCUT2D eigenvalue weighted by molar-refractivity contribution is 0.0890. The van der Waals surface area contributed by atoms with Crippen molar-refractivity contribution in [2.45, 2.75) is 30.9 Å². The quantitative estimate of drug-likeness (QED) is 0.911. The van der Waals surface area contributed by atoms with E-state index in [1.807, 2.05) is 18.2 Å². The van der Waals surface area contributed by atoms with Crippen LogP contribution in [-0.4, -0.2) is 30.9 Å². The summed E-state index contributed by atoms with van der Waals surface area (Å²) >= 11 is 0. The number of hydrogen-bond donors (Lipinski definition) is 2. The van der Waals surface area contributed by atoms with Gasteiger partial charge in [-0.25, -0.2) is 0 Å². The second-order valence-corrected chi connectivity index (χ2v) is 5.85. The van der Waals surface area contributed by atoms with E-state index < -0.39 is 0 Å². The Morgan fingerprint density at radius 1 is 1.05 bits per heavy atom. The molecule has 116 valence electrons. The lowest BCUT2D eigenvalue weighted by atomic mass is 9.80. The molecule has 1 saturated heterocycles. The van der Waals surface area contributed by atoms with Crippen molar-refractivity contribution in [3.8, 4) is 5.75 Å². The van der Waals surface area contributed by atoms with E-state index in [9.17, 15) is 5.11 Å². The van der Waals surface area contributed by atoms with Crippen molar-refractivity contribution in [2.24, 2.45) is 0 Å². The monoisotopic (exact) mass is 297 g/mol. The zero-order valence-corrected chi connectivity index (χ0v) is 12.9. The van der Waals surface area contributed by atoms with Gasteiger partial charge in [-0.2, -0.15) is 0 Å². The molecule has 2 N–H and O–H groups in total. The largest absolute Gasteiger partial charge is 0.497 e. The standard InChI is InChI=1S/C19H23NO2/c1-22-16-11-9-15(10-12-16)18(14-6-3-2-4-7-14)19-17(21)8-5-13-20-19/h2-4,6-7,9-12,17-21H,5,8,13H2,1H3/t17-,18-,19-/m0/s1. The van der Waals surface area contributed by atoms with Gasteiger partial charge in [-0.15, -0.1) is 0 Å². The van der Waals surface area contributed by atoms with Crippen LogP contribution >= 0.6 is 0 Å². The first-order valence-electron chi connectivity index (χ1n) is 7.90. The minimum Gasteiger partial charge on any atom is -0.497 e. The number of rotatable bonds is 4. The Bertz CT molecular complexity index is 582. The van der Waals surface area contributed by atoms with Gasteiger partial charge < -0.3 is 15.2 Å². The fraction of sp³-hybridized carbons (Fsp3) is 0.368. The van der Waals surface area contributed by atoms with Gasteiger partial charge in [0.05, 0.1) is 13.2 Å². The van der Waals surface area contributed by atoms with Crippen molar-refractivity contribution < 1.29 is 9.84 Å². The maximum atomic E-state index is 10.5. The highest BCUT2D eigenvalue weighted by Gasteiger charge is 2.32. The number of aliphatic hydroxyl groups is 1. The van der Waals surface area contributed by atoms with Crippen LogP contribution in [0, 0.1) is 0 Å². The van der Waals surface area contributed by atoms with E-state index in [-0.39, 0.29) is 18.1 Å². The van der Waals surface area contributed by atoms with E-state index in [0.29, 0.717) is 0 Å². The molecule has 22 heavy (non-hydrogen) atoms. The summed E-state index contributed by atoms with van der Waals surface area (Å²) in [5.41, 5.74) is 2.43. The fourth-order valence-corrected chi connectivity index (χ4v) is 3.31. The fourth-order valence-electron chi connectivity index (χ4n) is 3.31. The van der Waals surface area contributed by atoms with Crippen molar-refractivity contribution in [3.05, 3.63) is 65.7 Å². The van der Waals surface area contributed by atoms with Crippen LogP contribution in [0.1, 0.15) is 29.9 Å². The maximum absolute atomic E-state index is 10.5. The first-order chi connectivity index (χ1) is 10.8. The number of nitrogens with one attached hydrogen (secondary N) is 1. The first kappa shape index (κ1) is 15.1. The molecule has 2 aromatic rings. The molecule has 3 heteroatoms. The summed E-state index contributed by atoms with van der Waals surface area (Å²) in [6, 6.07) is 18.6. The zero-order chi connectivity index (χ0) is 15.4. The Morgan fingerprint density at radius 2 is 1.73 bits per heavy atom. The van der Waals surface area contributed by atoms with E-state index in [1.54, 1.807) is 7.11 Å². The molecule has 3 nitrogen and oxygen atoms in total. The smallest absolute Gasteiger partial charge is 0.118 e. The zero-order valence-electron chi connectivity index (χ0n) is 12.9. The van der Waals surface area contributed by atoms with Crippen molar-refractivity contribution in [1.29, 1.82) is 0 Å². The molecule has 3 atom stereocenters. The average molecular weight is 297 g/mol. The molecular formula is C19H23NO2. The average Bonchev–Trinajstić information content (AvgIpc) is 2.58. The number of ether oxygens (including phenoxy) is 1. The van der Waals surface area contributed by atoms with Crippen LogP contribution in [-0.2, 0) is 0 Å². The Balaban J connectivity index is 1.98. The molecule has 0 unspecified atom stereocenters.